The van der Waals surface area contributed by atoms with Crippen LogP contribution in [0.15, 0.2) is 24.5 Å². The topological polar surface area (TPSA) is 80.3 Å². The molecule has 0 unspecified atom stereocenters. The molecule has 1 saturated heterocycles. The first kappa shape index (κ1) is 17.1. The summed E-state index contributed by atoms with van der Waals surface area (Å²) in [7, 11) is 0. The zero-order valence-corrected chi connectivity index (χ0v) is 12.8. The lowest BCUT2D eigenvalue weighted by atomic mass is 10.2. The van der Waals surface area contributed by atoms with Gasteiger partial charge in [0.25, 0.3) is 12.4 Å². The number of ether oxygens (including phenoxy) is 1. The van der Waals surface area contributed by atoms with Gasteiger partial charge in [-0.05, 0) is 45.9 Å². The Morgan fingerprint density at radius 3 is 2.52 bits per heavy atom. The van der Waals surface area contributed by atoms with Crippen LogP contribution in [0.25, 0.3) is 0 Å². The summed E-state index contributed by atoms with van der Waals surface area (Å²) in [6.07, 6.45) is 4.26. The van der Waals surface area contributed by atoms with Gasteiger partial charge in [-0.1, -0.05) is 0 Å². The quantitative estimate of drug-likeness (QED) is 0.817. The van der Waals surface area contributed by atoms with Crippen molar-refractivity contribution in [2.24, 2.45) is 0 Å². The molecule has 1 fully saturated rings. The third kappa shape index (κ3) is 7.41. The number of hydrogen-bond donors (Lipinski definition) is 2. The molecule has 1 aromatic rings. The van der Waals surface area contributed by atoms with Crippen LogP contribution in [0, 0.1) is 0 Å². The zero-order chi connectivity index (χ0) is 15.7. The Labute approximate surface area is 125 Å². The molecule has 2 heterocycles. The van der Waals surface area contributed by atoms with E-state index in [4.69, 9.17) is 0 Å². The van der Waals surface area contributed by atoms with E-state index >= 15 is 0 Å². The summed E-state index contributed by atoms with van der Waals surface area (Å²) < 4.78 is 4.55. The van der Waals surface area contributed by atoms with E-state index in [1.807, 2.05) is 20.8 Å². The maximum Gasteiger partial charge on any atom is 0.293 e. The van der Waals surface area contributed by atoms with Gasteiger partial charge in [0.05, 0.1) is 0 Å². The Hall–Kier alpha value is -1.95. The lowest BCUT2D eigenvalue weighted by Gasteiger charge is -2.14. The monoisotopic (exact) mass is 293 g/mol. The first-order valence-electron chi connectivity index (χ1n) is 6.95. The molecule has 0 radical (unpaired) electrons. The van der Waals surface area contributed by atoms with Crippen molar-refractivity contribution < 1.29 is 14.3 Å². The Morgan fingerprint density at radius 1 is 1.43 bits per heavy atom. The molecule has 0 aliphatic carbocycles. The van der Waals surface area contributed by atoms with Gasteiger partial charge >= 0.3 is 0 Å². The molecule has 0 aromatic carbocycles. The van der Waals surface area contributed by atoms with Crippen LogP contribution in [0.4, 0.5) is 0 Å². The average molecular weight is 293 g/mol. The minimum Gasteiger partial charge on any atom is -0.462 e. The lowest BCUT2D eigenvalue weighted by molar-refractivity contribution is -0.138. The van der Waals surface area contributed by atoms with E-state index in [9.17, 15) is 9.59 Å². The second-order valence-electron chi connectivity index (χ2n) is 5.73. The van der Waals surface area contributed by atoms with Gasteiger partial charge in [0.2, 0.25) is 0 Å². The van der Waals surface area contributed by atoms with Crippen molar-refractivity contribution in [3.8, 4) is 0 Å². The minimum absolute atomic E-state index is 0.0129. The Morgan fingerprint density at radius 2 is 2.10 bits per heavy atom. The van der Waals surface area contributed by atoms with E-state index in [0.29, 0.717) is 12.0 Å². The molecule has 1 aromatic heterocycles. The van der Waals surface area contributed by atoms with Gasteiger partial charge in [-0.15, -0.1) is 0 Å². The fourth-order valence-corrected chi connectivity index (χ4v) is 1.69. The average Bonchev–Trinajstić information content (AvgIpc) is 2.92. The number of aromatic nitrogens is 1. The molecule has 21 heavy (non-hydrogen) atoms. The van der Waals surface area contributed by atoms with Crippen LogP contribution in [0.1, 0.15) is 37.6 Å². The fourth-order valence-electron chi connectivity index (χ4n) is 1.69. The SMILES string of the molecule is CC(C)(C)OC=O.O=C(N[C@@H]1CCNC1)c1ccncc1. The maximum atomic E-state index is 11.6. The molecule has 1 amide bonds. The molecule has 2 N–H and O–H groups in total. The molecular formula is C15H23N3O3. The van der Waals surface area contributed by atoms with Crippen LogP contribution in [-0.4, -0.2) is 42.1 Å². The molecule has 1 atom stereocenters. The predicted molar refractivity (Wildman–Crippen MR) is 79.9 cm³/mol. The number of carbonyl (C=O) groups is 2. The van der Waals surface area contributed by atoms with E-state index in [2.05, 4.69) is 20.4 Å². The standard InChI is InChI=1S/C10H13N3O.C5H10O2/c14-10(8-1-4-11-5-2-8)13-9-3-6-12-7-9;1-5(2,3)7-4-6/h1-2,4-5,9,12H,3,6-7H2,(H,13,14);4H,1-3H3/t9-;/m1./s1. The van der Waals surface area contributed by atoms with E-state index in [-0.39, 0.29) is 17.6 Å². The van der Waals surface area contributed by atoms with Crippen molar-refractivity contribution in [1.29, 1.82) is 0 Å². The van der Waals surface area contributed by atoms with Crippen LogP contribution in [0.3, 0.4) is 0 Å². The summed E-state index contributed by atoms with van der Waals surface area (Å²) in [4.78, 5) is 25.1. The van der Waals surface area contributed by atoms with Crippen LogP contribution < -0.4 is 10.6 Å². The molecule has 1 aliphatic heterocycles. The minimum atomic E-state index is -0.318. The molecular weight excluding hydrogens is 270 g/mol. The van der Waals surface area contributed by atoms with Gasteiger partial charge in [-0.2, -0.15) is 0 Å². The summed E-state index contributed by atoms with van der Waals surface area (Å²) in [5, 5.41) is 6.17. The number of pyridine rings is 1. The molecule has 0 bridgehead atoms. The van der Waals surface area contributed by atoms with Gasteiger partial charge < -0.3 is 15.4 Å². The first-order chi connectivity index (χ1) is 9.92. The Kier molecular flexibility index (Phi) is 6.81. The van der Waals surface area contributed by atoms with Gasteiger partial charge in [-0.25, -0.2) is 0 Å². The van der Waals surface area contributed by atoms with Crippen LogP contribution in [0.2, 0.25) is 0 Å². The normalized spacial score (nSPS) is 17.4. The molecule has 2 rings (SSSR count). The largest absolute Gasteiger partial charge is 0.462 e. The highest BCUT2D eigenvalue weighted by Crippen LogP contribution is 2.03. The number of rotatable bonds is 3. The summed E-state index contributed by atoms with van der Waals surface area (Å²) in [5.74, 6) is -0.0129. The number of nitrogens with zero attached hydrogens (tertiary/aromatic N) is 1. The molecule has 0 spiro atoms. The second kappa shape index (κ2) is 8.36. The van der Waals surface area contributed by atoms with E-state index < -0.39 is 0 Å². The van der Waals surface area contributed by atoms with Crippen molar-refractivity contribution >= 4 is 12.4 Å². The zero-order valence-electron chi connectivity index (χ0n) is 12.8. The molecule has 6 nitrogen and oxygen atoms in total. The van der Waals surface area contributed by atoms with Crippen molar-refractivity contribution in [2.75, 3.05) is 13.1 Å². The molecule has 6 heteroatoms. The number of nitrogens with one attached hydrogen (secondary N) is 2. The Balaban J connectivity index is 0.000000270. The van der Waals surface area contributed by atoms with Crippen LogP contribution in [0.5, 0.6) is 0 Å². The van der Waals surface area contributed by atoms with Crippen molar-refractivity contribution in [3.05, 3.63) is 30.1 Å². The number of carbonyl (C=O) groups excluding carboxylic acids is 2. The summed E-state index contributed by atoms with van der Waals surface area (Å²) in [6.45, 7) is 7.78. The van der Waals surface area contributed by atoms with Gasteiger partial charge in [0.1, 0.15) is 5.60 Å². The van der Waals surface area contributed by atoms with Crippen LogP contribution >= 0.6 is 0 Å². The highest BCUT2D eigenvalue weighted by molar-refractivity contribution is 5.94. The number of hydrogen-bond acceptors (Lipinski definition) is 5. The van der Waals surface area contributed by atoms with Gasteiger partial charge in [0.15, 0.2) is 0 Å². The highest BCUT2D eigenvalue weighted by Gasteiger charge is 2.17. The second-order valence-corrected chi connectivity index (χ2v) is 5.73. The first-order valence-corrected chi connectivity index (χ1v) is 6.95. The van der Waals surface area contributed by atoms with Crippen molar-refractivity contribution in [3.63, 3.8) is 0 Å². The molecule has 116 valence electrons. The van der Waals surface area contributed by atoms with E-state index in [1.165, 1.54) is 0 Å². The number of amides is 1. The van der Waals surface area contributed by atoms with E-state index in [0.717, 1.165) is 19.5 Å². The van der Waals surface area contributed by atoms with E-state index in [1.54, 1.807) is 24.5 Å². The lowest BCUT2D eigenvalue weighted by Crippen LogP contribution is -2.36. The molecule has 0 saturated carbocycles. The fraction of sp³-hybridized carbons (Fsp3) is 0.533. The summed E-state index contributed by atoms with van der Waals surface area (Å²) in [5.41, 5.74) is 0.355. The predicted octanol–water partition coefficient (Wildman–Crippen LogP) is 1.13. The maximum absolute atomic E-state index is 11.6. The van der Waals surface area contributed by atoms with Gasteiger partial charge in [-0.3, -0.25) is 14.6 Å². The van der Waals surface area contributed by atoms with Crippen molar-refractivity contribution in [2.45, 2.75) is 38.8 Å². The third-order valence-electron chi connectivity index (χ3n) is 2.74. The summed E-state index contributed by atoms with van der Waals surface area (Å²) >= 11 is 0. The summed E-state index contributed by atoms with van der Waals surface area (Å²) in [6, 6.07) is 3.71. The highest BCUT2D eigenvalue weighted by atomic mass is 16.5. The van der Waals surface area contributed by atoms with Crippen molar-refractivity contribution in [1.82, 2.24) is 15.6 Å². The van der Waals surface area contributed by atoms with Crippen LogP contribution in [-0.2, 0) is 9.53 Å². The Bertz CT molecular complexity index is 437. The molecule has 1 aliphatic rings. The smallest absolute Gasteiger partial charge is 0.293 e. The van der Waals surface area contributed by atoms with Gasteiger partial charge in [0, 0.05) is 30.5 Å². The third-order valence-corrected chi connectivity index (χ3v) is 2.74.